The van der Waals surface area contributed by atoms with Crippen LogP contribution in [-0.4, -0.2) is 50.1 Å². The highest BCUT2D eigenvalue weighted by atomic mass is 15.2. The molecular weight excluding hydrogens is 304 g/mol. The summed E-state index contributed by atoms with van der Waals surface area (Å²) >= 11 is 0. The van der Waals surface area contributed by atoms with Gasteiger partial charge in [-0.15, -0.1) is 0 Å². The molecule has 3 saturated carbocycles. The molecule has 3 fully saturated rings. The van der Waals surface area contributed by atoms with Crippen molar-refractivity contribution < 1.29 is 0 Å². The van der Waals surface area contributed by atoms with Gasteiger partial charge in [0.2, 0.25) is 0 Å². The number of hydrogen-bond donors (Lipinski definition) is 0. The summed E-state index contributed by atoms with van der Waals surface area (Å²) in [4.78, 5) is 5.03. The molecule has 0 radical (unpaired) electrons. The summed E-state index contributed by atoms with van der Waals surface area (Å²) in [5.74, 6) is 3.02. The van der Waals surface area contributed by atoms with Crippen molar-refractivity contribution in [3.8, 4) is 0 Å². The molecule has 3 atom stereocenters. The fourth-order valence-corrected chi connectivity index (χ4v) is 5.22. The van der Waals surface area contributed by atoms with E-state index in [2.05, 4.69) is 68.1 Å². The molecule has 0 aliphatic heterocycles. The Morgan fingerprint density at radius 1 is 0.920 bits per heavy atom. The predicted octanol–water partition coefficient (Wildman–Crippen LogP) is 4.56. The maximum atomic E-state index is 2.55. The van der Waals surface area contributed by atoms with Crippen LogP contribution in [0.3, 0.4) is 0 Å². The molecule has 0 amide bonds. The van der Waals surface area contributed by atoms with Crippen LogP contribution >= 0.6 is 0 Å². The molecule has 0 spiro atoms. The number of fused-ring (bicyclic) bond motifs is 2. The zero-order valence-electron chi connectivity index (χ0n) is 16.9. The lowest BCUT2D eigenvalue weighted by atomic mass is 9.45. The standard InChI is InChI=1S/C23H38N2/c1-23(2)21-11-10-20(22(23)18-21)13-15-25(4)17-16-24(3)14-12-19-8-6-5-7-9-19/h5-9,20-22H,10-18H2,1-4H3/t20-,21-,22-/m0/s1. The largest absolute Gasteiger partial charge is 0.305 e. The molecule has 25 heavy (non-hydrogen) atoms. The summed E-state index contributed by atoms with van der Waals surface area (Å²) < 4.78 is 0. The summed E-state index contributed by atoms with van der Waals surface area (Å²) in [7, 11) is 4.57. The molecule has 2 bridgehead atoms. The van der Waals surface area contributed by atoms with Gasteiger partial charge in [-0.05, 0) is 81.5 Å². The van der Waals surface area contributed by atoms with Gasteiger partial charge in [0.1, 0.15) is 0 Å². The van der Waals surface area contributed by atoms with Crippen LogP contribution in [0, 0.1) is 23.2 Å². The molecule has 0 saturated heterocycles. The van der Waals surface area contributed by atoms with Crippen LogP contribution in [0.1, 0.15) is 45.1 Å². The highest BCUT2D eigenvalue weighted by Gasteiger charge is 2.53. The smallest absolute Gasteiger partial charge is 0.0106 e. The topological polar surface area (TPSA) is 6.48 Å². The van der Waals surface area contributed by atoms with E-state index in [4.69, 9.17) is 0 Å². The van der Waals surface area contributed by atoms with Crippen LogP contribution in [-0.2, 0) is 6.42 Å². The van der Waals surface area contributed by atoms with E-state index in [9.17, 15) is 0 Å². The van der Waals surface area contributed by atoms with Crippen molar-refractivity contribution in [3.63, 3.8) is 0 Å². The molecule has 1 aromatic rings. The maximum Gasteiger partial charge on any atom is 0.0106 e. The van der Waals surface area contributed by atoms with E-state index in [0.29, 0.717) is 5.41 Å². The minimum atomic E-state index is 0.638. The Bertz CT molecular complexity index is 522. The van der Waals surface area contributed by atoms with E-state index in [1.807, 2.05) is 0 Å². The van der Waals surface area contributed by atoms with Gasteiger partial charge in [0, 0.05) is 19.6 Å². The Hall–Kier alpha value is -0.860. The number of benzene rings is 1. The Balaban J connectivity index is 1.31. The van der Waals surface area contributed by atoms with E-state index in [1.165, 1.54) is 50.9 Å². The Morgan fingerprint density at radius 3 is 2.24 bits per heavy atom. The summed E-state index contributed by atoms with van der Waals surface area (Å²) in [5.41, 5.74) is 2.08. The normalized spacial score (nSPS) is 27.5. The van der Waals surface area contributed by atoms with Crippen LogP contribution in [0.5, 0.6) is 0 Å². The van der Waals surface area contributed by atoms with Gasteiger partial charge in [-0.1, -0.05) is 44.2 Å². The van der Waals surface area contributed by atoms with Crippen molar-refractivity contribution in [2.45, 2.75) is 46.0 Å². The number of hydrogen-bond acceptors (Lipinski definition) is 2. The van der Waals surface area contributed by atoms with Gasteiger partial charge in [0.05, 0.1) is 0 Å². The van der Waals surface area contributed by atoms with Crippen LogP contribution in [0.2, 0.25) is 0 Å². The second-order valence-electron chi connectivity index (χ2n) is 9.33. The summed E-state index contributed by atoms with van der Waals surface area (Å²) in [5, 5.41) is 0. The molecule has 3 aliphatic rings. The lowest BCUT2D eigenvalue weighted by Crippen LogP contribution is -2.52. The highest BCUT2D eigenvalue weighted by Crippen LogP contribution is 2.61. The molecule has 0 aromatic heterocycles. The second kappa shape index (κ2) is 8.22. The quantitative estimate of drug-likeness (QED) is 0.649. The minimum absolute atomic E-state index is 0.638. The first-order valence-corrected chi connectivity index (χ1v) is 10.4. The van der Waals surface area contributed by atoms with Gasteiger partial charge in [-0.2, -0.15) is 0 Å². The summed E-state index contributed by atoms with van der Waals surface area (Å²) in [6.45, 7) is 9.82. The molecule has 0 unspecified atom stereocenters. The monoisotopic (exact) mass is 342 g/mol. The van der Waals surface area contributed by atoms with Crippen LogP contribution in [0.25, 0.3) is 0 Å². The van der Waals surface area contributed by atoms with Crippen LogP contribution in [0.4, 0.5) is 0 Å². The van der Waals surface area contributed by atoms with Crippen molar-refractivity contribution in [1.29, 1.82) is 0 Å². The Kier molecular flexibility index (Phi) is 6.22. The maximum absolute atomic E-state index is 2.55. The SMILES string of the molecule is CN(CCc1ccccc1)CCN(C)CC[C@@H]1CC[C@H]2C[C@@H]1C2(C)C. The van der Waals surface area contributed by atoms with Gasteiger partial charge in [0.25, 0.3) is 0 Å². The number of likely N-dealkylation sites (N-methyl/N-ethyl adjacent to an activating group) is 2. The molecule has 1 aromatic carbocycles. The van der Waals surface area contributed by atoms with Gasteiger partial charge >= 0.3 is 0 Å². The predicted molar refractivity (Wildman–Crippen MR) is 108 cm³/mol. The van der Waals surface area contributed by atoms with Crippen molar-refractivity contribution in [3.05, 3.63) is 35.9 Å². The highest BCUT2D eigenvalue weighted by molar-refractivity contribution is 5.14. The molecule has 4 rings (SSSR count). The zero-order chi connectivity index (χ0) is 17.9. The first kappa shape index (κ1) is 18.9. The molecule has 3 aliphatic carbocycles. The zero-order valence-corrected chi connectivity index (χ0v) is 16.9. The second-order valence-corrected chi connectivity index (χ2v) is 9.33. The number of rotatable bonds is 9. The number of nitrogens with zero attached hydrogens (tertiary/aromatic N) is 2. The van der Waals surface area contributed by atoms with E-state index in [0.717, 1.165) is 30.7 Å². The summed E-state index contributed by atoms with van der Waals surface area (Å²) in [6, 6.07) is 10.8. The van der Waals surface area contributed by atoms with Crippen LogP contribution < -0.4 is 0 Å². The van der Waals surface area contributed by atoms with E-state index in [1.54, 1.807) is 0 Å². The lowest BCUT2D eigenvalue weighted by molar-refractivity contribution is -0.107. The molecule has 0 N–H and O–H groups in total. The fraction of sp³-hybridized carbons (Fsp3) is 0.739. The van der Waals surface area contributed by atoms with E-state index < -0.39 is 0 Å². The third-order valence-electron chi connectivity index (χ3n) is 7.37. The molecule has 2 nitrogen and oxygen atoms in total. The van der Waals surface area contributed by atoms with Crippen molar-refractivity contribution in [2.75, 3.05) is 40.3 Å². The minimum Gasteiger partial charge on any atom is -0.305 e. The van der Waals surface area contributed by atoms with E-state index in [-0.39, 0.29) is 0 Å². The average molecular weight is 343 g/mol. The van der Waals surface area contributed by atoms with Crippen molar-refractivity contribution >= 4 is 0 Å². The molecule has 2 heteroatoms. The molecule has 140 valence electrons. The average Bonchev–Trinajstić information content (AvgIpc) is 2.63. The molecule has 0 heterocycles. The van der Waals surface area contributed by atoms with Gasteiger partial charge in [-0.3, -0.25) is 0 Å². The van der Waals surface area contributed by atoms with Crippen LogP contribution in [0.15, 0.2) is 30.3 Å². The van der Waals surface area contributed by atoms with Gasteiger partial charge in [-0.25, -0.2) is 0 Å². The Morgan fingerprint density at radius 2 is 1.60 bits per heavy atom. The fourth-order valence-electron chi connectivity index (χ4n) is 5.22. The van der Waals surface area contributed by atoms with Crippen molar-refractivity contribution in [1.82, 2.24) is 9.80 Å². The molecular formula is C23H38N2. The van der Waals surface area contributed by atoms with Gasteiger partial charge < -0.3 is 9.80 Å². The van der Waals surface area contributed by atoms with E-state index >= 15 is 0 Å². The third kappa shape index (κ3) is 4.65. The first-order chi connectivity index (χ1) is 12.0. The Labute approximate surface area is 155 Å². The van der Waals surface area contributed by atoms with Gasteiger partial charge in [0.15, 0.2) is 0 Å². The summed E-state index contributed by atoms with van der Waals surface area (Å²) in [6.07, 6.45) is 7.05. The third-order valence-corrected chi connectivity index (χ3v) is 7.37. The van der Waals surface area contributed by atoms with Crippen molar-refractivity contribution in [2.24, 2.45) is 23.2 Å². The lowest BCUT2D eigenvalue weighted by Gasteiger charge is -2.60. The first-order valence-electron chi connectivity index (χ1n) is 10.4.